The van der Waals surface area contributed by atoms with Crippen molar-refractivity contribution in [1.29, 1.82) is 0 Å². The van der Waals surface area contributed by atoms with Crippen molar-refractivity contribution in [3.8, 4) is 0 Å². The van der Waals surface area contributed by atoms with E-state index in [4.69, 9.17) is 0 Å². The fraction of sp³-hybridized carbons (Fsp3) is 0.579. The summed E-state index contributed by atoms with van der Waals surface area (Å²) >= 11 is 0. The third kappa shape index (κ3) is 6.29. The van der Waals surface area contributed by atoms with Crippen LogP contribution in [0.5, 0.6) is 0 Å². The van der Waals surface area contributed by atoms with Crippen molar-refractivity contribution in [3.05, 3.63) is 24.3 Å². The largest absolute Gasteiger partial charge is 0.372 e. The molecule has 0 saturated heterocycles. The van der Waals surface area contributed by atoms with Gasteiger partial charge >= 0.3 is 6.03 Å². The van der Waals surface area contributed by atoms with Gasteiger partial charge in [-0.05, 0) is 51.0 Å². The zero-order valence-electron chi connectivity index (χ0n) is 15.3. The Bertz CT molecular complexity index is 549. The molecule has 1 saturated carbocycles. The van der Waals surface area contributed by atoms with E-state index in [2.05, 4.69) is 34.7 Å². The number of carbonyl (C=O) groups is 2. The van der Waals surface area contributed by atoms with Gasteiger partial charge in [-0.15, -0.1) is 0 Å². The summed E-state index contributed by atoms with van der Waals surface area (Å²) < 4.78 is 0. The van der Waals surface area contributed by atoms with E-state index in [9.17, 15) is 9.59 Å². The number of nitrogens with one attached hydrogen (secondary N) is 3. The van der Waals surface area contributed by atoms with Crippen molar-refractivity contribution in [2.45, 2.75) is 52.0 Å². The average molecular weight is 346 g/mol. The highest BCUT2D eigenvalue weighted by Gasteiger charge is 2.15. The molecule has 0 aliphatic heterocycles. The van der Waals surface area contributed by atoms with Gasteiger partial charge in [0.1, 0.15) is 0 Å². The maximum Gasteiger partial charge on any atom is 0.315 e. The topological polar surface area (TPSA) is 73.5 Å². The van der Waals surface area contributed by atoms with Crippen molar-refractivity contribution >= 4 is 23.3 Å². The van der Waals surface area contributed by atoms with Crippen LogP contribution in [0.4, 0.5) is 16.2 Å². The highest BCUT2D eigenvalue weighted by atomic mass is 16.2. The molecule has 0 bridgehead atoms. The average Bonchev–Trinajstić information content (AvgIpc) is 2.63. The first kappa shape index (κ1) is 19.1. The lowest BCUT2D eigenvalue weighted by molar-refractivity contribution is -0.115. The Hall–Kier alpha value is -2.24. The summed E-state index contributed by atoms with van der Waals surface area (Å²) in [6.07, 6.45) is 5.62. The SMILES string of the molecule is CCN(CC)c1ccc(NC(=O)CNC(=O)NC2CCCCC2)cc1. The van der Waals surface area contributed by atoms with E-state index in [1.807, 2.05) is 24.3 Å². The van der Waals surface area contributed by atoms with Crippen LogP contribution in [-0.4, -0.2) is 37.6 Å². The molecule has 0 spiro atoms. The van der Waals surface area contributed by atoms with Crippen LogP contribution in [0.1, 0.15) is 46.0 Å². The smallest absolute Gasteiger partial charge is 0.315 e. The summed E-state index contributed by atoms with van der Waals surface area (Å²) in [5, 5.41) is 8.37. The molecule has 138 valence electrons. The predicted molar refractivity (Wildman–Crippen MR) is 102 cm³/mol. The van der Waals surface area contributed by atoms with Gasteiger partial charge in [0.2, 0.25) is 5.91 Å². The Morgan fingerprint density at radius 2 is 1.68 bits per heavy atom. The van der Waals surface area contributed by atoms with Crippen LogP contribution in [0.2, 0.25) is 0 Å². The second-order valence-electron chi connectivity index (χ2n) is 6.43. The standard InChI is InChI=1S/C19H30N4O2/c1-3-23(4-2)17-12-10-16(11-13-17)21-18(24)14-20-19(25)22-15-8-6-5-7-9-15/h10-13,15H,3-9,14H2,1-2H3,(H,21,24)(H2,20,22,25). The maximum absolute atomic E-state index is 12.0. The first-order valence-electron chi connectivity index (χ1n) is 9.31. The molecule has 1 aromatic rings. The highest BCUT2D eigenvalue weighted by molar-refractivity contribution is 5.94. The first-order valence-corrected chi connectivity index (χ1v) is 9.31. The molecule has 6 nitrogen and oxygen atoms in total. The Balaban J connectivity index is 1.73. The van der Waals surface area contributed by atoms with Gasteiger partial charge in [-0.25, -0.2) is 4.79 Å². The Morgan fingerprint density at radius 3 is 2.28 bits per heavy atom. The Kier molecular flexibility index (Phi) is 7.57. The van der Waals surface area contributed by atoms with Crippen LogP contribution in [0.25, 0.3) is 0 Å². The van der Waals surface area contributed by atoms with E-state index in [0.29, 0.717) is 0 Å². The molecule has 25 heavy (non-hydrogen) atoms. The monoisotopic (exact) mass is 346 g/mol. The van der Waals surface area contributed by atoms with Crippen molar-refractivity contribution in [3.63, 3.8) is 0 Å². The summed E-state index contributed by atoms with van der Waals surface area (Å²) in [7, 11) is 0. The number of benzene rings is 1. The summed E-state index contributed by atoms with van der Waals surface area (Å²) in [4.78, 5) is 26.1. The van der Waals surface area contributed by atoms with Gasteiger partial charge in [-0.3, -0.25) is 4.79 Å². The third-order valence-corrected chi connectivity index (χ3v) is 4.63. The van der Waals surface area contributed by atoms with E-state index >= 15 is 0 Å². The molecule has 1 aliphatic carbocycles. The lowest BCUT2D eigenvalue weighted by Crippen LogP contribution is -2.45. The molecule has 0 heterocycles. The van der Waals surface area contributed by atoms with E-state index in [-0.39, 0.29) is 24.5 Å². The van der Waals surface area contributed by atoms with Gasteiger partial charge in [0, 0.05) is 30.5 Å². The molecular formula is C19H30N4O2. The van der Waals surface area contributed by atoms with E-state index in [1.54, 1.807) is 0 Å². The molecule has 6 heteroatoms. The molecule has 0 aromatic heterocycles. The van der Waals surface area contributed by atoms with Crippen molar-refractivity contribution in [2.75, 3.05) is 29.9 Å². The summed E-state index contributed by atoms with van der Waals surface area (Å²) in [6, 6.07) is 7.72. The molecular weight excluding hydrogens is 316 g/mol. The number of urea groups is 1. The van der Waals surface area contributed by atoms with Crippen LogP contribution < -0.4 is 20.9 Å². The third-order valence-electron chi connectivity index (χ3n) is 4.63. The molecule has 0 unspecified atom stereocenters. The van der Waals surface area contributed by atoms with Crippen molar-refractivity contribution in [2.24, 2.45) is 0 Å². The Morgan fingerprint density at radius 1 is 1.04 bits per heavy atom. The lowest BCUT2D eigenvalue weighted by atomic mass is 9.96. The molecule has 0 radical (unpaired) electrons. The van der Waals surface area contributed by atoms with Gasteiger partial charge < -0.3 is 20.9 Å². The molecule has 1 aliphatic rings. The zero-order valence-corrected chi connectivity index (χ0v) is 15.3. The van der Waals surface area contributed by atoms with Gasteiger partial charge in [0.15, 0.2) is 0 Å². The number of hydrogen-bond donors (Lipinski definition) is 3. The second-order valence-corrected chi connectivity index (χ2v) is 6.43. The fourth-order valence-electron chi connectivity index (χ4n) is 3.19. The molecule has 3 N–H and O–H groups in total. The van der Waals surface area contributed by atoms with Gasteiger partial charge in [0.25, 0.3) is 0 Å². The number of anilines is 2. The molecule has 0 atom stereocenters. The second kappa shape index (κ2) is 9.91. The molecule has 1 aromatic carbocycles. The van der Waals surface area contributed by atoms with Crippen molar-refractivity contribution < 1.29 is 9.59 Å². The number of carbonyl (C=O) groups excluding carboxylic acids is 2. The zero-order chi connectivity index (χ0) is 18.1. The van der Waals surface area contributed by atoms with E-state index in [0.717, 1.165) is 50.1 Å². The van der Waals surface area contributed by atoms with Gasteiger partial charge in [-0.1, -0.05) is 19.3 Å². The molecule has 1 fully saturated rings. The summed E-state index contributed by atoms with van der Waals surface area (Å²) in [5.41, 5.74) is 1.86. The van der Waals surface area contributed by atoms with Crippen LogP contribution in [0.15, 0.2) is 24.3 Å². The minimum atomic E-state index is -0.265. The molecule has 2 rings (SSSR count). The number of nitrogens with zero attached hydrogens (tertiary/aromatic N) is 1. The summed E-state index contributed by atoms with van der Waals surface area (Å²) in [5.74, 6) is -0.227. The minimum Gasteiger partial charge on any atom is -0.372 e. The number of hydrogen-bond acceptors (Lipinski definition) is 3. The predicted octanol–water partition coefficient (Wildman–Crippen LogP) is 3.10. The first-order chi connectivity index (χ1) is 12.1. The molecule has 3 amide bonds. The normalized spacial score (nSPS) is 14.6. The maximum atomic E-state index is 12.0. The lowest BCUT2D eigenvalue weighted by Gasteiger charge is -2.22. The number of rotatable bonds is 7. The quantitative estimate of drug-likeness (QED) is 0.710. The van der Waals surface area contributed by atoms with Gasteiger partial charge in [-0.2, -0.15) is 0 Å². The van der Waals surface area contributed by atoms with Crippen LogP contribution >= 0.6 is 0 Å². The Labute approximate surface area is 150 Å². The van der Waals surface area contributed by atoms with E-state index < -0.39 is 0 Å². The van der Waals surface area contributed by atoms with Crippen LogP contribution in [-0.2, 0) is 4.79 Å². The number of amides is 3. The minimum absolute atomic E-state index is 0.0314. The van der Waals surface area contributed by atoms with Gasteiger partial charge in [0.05, 0.1) is 6.54 Å². The van der Waals surface area contributed by atoms with Crippen LogP contribution in [0, 0.1) is 0 Å². The van der Waals surface area contributed by atoms with Crippen molar-refractivity contribution in [1.82, 2.24) is 10.6 Å². The fourth-order valence-corrected chi connectivity index (χ4v) is 3.19. The van der Waals surface area contributed by atoms with E-state index in [1.165, 1.54) is 6.42 Å². The summed E-state index contributed by atoms with van der Waals surface area (Å²) in [6.45, 7) is 6.09. The van der Waals surface area contributed by atoms with Crippen LogP contribution in [0.3, 0.4) is 0 Å². The highest BCUT2D eigenvalue weighted by Crippen LogP contribution is 2.18.